The molecule has 1 aliphatic heterocycles. The van der Waals surface area contributed by atoms with Gasteiger partial charge in [-0.15, -0.1) is 0 Å². The summed E-state index contributed by atoms with van der Waals surface area (Å²) in [4.78, 5) is 12.3. The van der Waals surface area contributed by atoms with Crippen LogP contribution in [-0.2, 0) is 19.0 Å². The van der Waals surface area contributed by atoms with Gasteiger partial charge in [0, 0.05) is 19.4 Å². The number of ether oxygens (including phenoxy) is 3. The SMILES string of the molecule is CC(C)(CCCCC(=O)CCCCC(C)(C)OC1CCCCC2=C[C]21)OC1CCCCO1. The molecule has 0 amide bonds. The van der Waals surface area contributed by atoms with Gasteiger partial charge in [-0.2, -0.15) is 0 Å². The Morgan fingerprint density at radius 2 is 1.56 bits per heavy atom. The highest BCUT2D eigenvalue weighted by Gasteiger charge is 2.38. The predicted octanol–water partition coefficient (Wildman–Crippen LogP) is 7.25. The van der Waals surface area contributed by atoms with Crippen molar-refractivity contribution in [3.05, 3.63) is 17.6 Å². The first kappa shape index (κ1) is 25.9. The number of Topliss-reactive ketones (excluding diaryl/α,β-unsaturated/α-hetero) is 1. The Bertz CT molecular complexity index is 615. The quantitative estimate of drug-likeness (QED) is 0.263. The number of carbonyl (C=O) groups excluding carboxylic acids is 1. The molecule has 2 atom stereocenters. The molecule has 0 spiro atoms. The Hall–Kier alpha value is -0.710. The van der Waals surface area contributed by atoms with E-state index < -0.39 is 0 Å². The van der Waals surface area contributed by atoms with Crippen molar-refractivity contribution < 1.29 is 19.0 Å². The van der Waals surface area contributed by atoms with Crippen LogP contribution in [0.2, 0.25) is 0 Å². The molecule has 4 heteroatoms. The van der Waals surface area contributed by atoms with Gasteiger partial charge in [0.2, 0.25) is 0 Å². The minimum atomic E-state index is -0.178. The van der Waals surface area contributed by atoms with Crippen molar-refractivity contribution >= 4 is 5.78 Å². The van der Waals surface area contributed by atoms with Gasteiger partial charge in [0.1, 0.15) is 5.78 Å². The zero-order valence-electron chi connectivity index (χ0n) is 21.2. The summed E-state index contributed by atoms with van der Waals surface area (Å²) >= 11 is 0. The van der Waals surface area contributed by atoms with E-state index in [4.69, 9.17) is 14.2 Å². The van der Waals surface area contributed by atoms with Crippen molar-refractivity contribution in [3.8, 4) is 0 Å². The van der Waals surface area contributed by atoms with Crippen LogP contribution >= 0.6 is 0 Å². The van der Waals surface area contributed by atoms with Crippen LogP contribution in [0.5, 0.6) is 0 Å². The zero-order chi connectivity index (χ0) is 23.0. The third kappa shape index (κ3) is 9.27. The van der Waals surface area contributed by atoms with E-state index in [1.165, 1.54) is 31.6 Å². The Kier molecular flexibility index (Phi) is 9.82. The first-order valence-electron chi connectivity index (χ1n) is 13.3. The fourth-order valence-corrected chi connectivity index (χ4v) is 5.12. The molecular weight excluding hydrogens is 400 g/mol. The number of ketones is 1. The van der Waals surface area contributed by atoms with Crippen molar-refractivity contribution in [2.45, 2.75) is 148 Å². The summed E-state index contributed by atoms with van der Waals surface area (Å²) < 4.78 is 18.3. The summed E-state index contributed by atoms with van der Waals surface area (Å²) in [6, 6.07) is 0. The van der Waals surface area contributed by atoms with Crippen molar-refractivity contribution in [2.75, 3.05) is 6.61 Å². The summed E-state index contributed by atoms with van der Waals surface area (Å²) in [7, 11) is 0. The predicted molar refractivity (Wildman–Crippen MR) is 129 cm³/mol. The van der Waals surface area contributed by atoms with Gasteiger partial charge >= 0.3 is 0 Å². The number of carbonyl (C=O) groups is 1. The van der Waals surface area contributed by atoms with E-state index in [9.17, 15) is 4.79 Å². The van der Waals surface area contributed by atoms with Crippen LogP contribution in [-0.4, -0.2) is 36.0 Å². The number of hydrogen-bond acceptors (Lipinski definition) is 4. The molecule has 183 valence electrons. The van der Waals surface area contributed by atoms with Crippen LogP contribution in [0.15, 0.2) is 11.6 Å². The third-order valence-electron chi connectivity index (χ3n) is 7.15. The van der Waals surface area contributed by atoms with Gasteiger partial charge in [-0.05, 0) is 91.9 Å². The molecule has 0 aromatic rings. The molecule has 1 saturated heterocycles. The summed E-state index contributed by atoms with van der Waals surface area (Å²) in [5.74, 6) is 1.88. The maximum Gasteiger partial charge on any atom is 0.158 e. The summed E-state index contributed by atoms with van der Waals surface area (Å²) in [5, 5.41) is 0. The van der Waals surface area contributed by atoms with Gasteiger partial charge in [0.25, 0.3) is 0 Å². The molecule has 32 heavy (non-hydrogen) atoms. The van der Waals surface area contributed by atoms with Crippen LogP contribution in [0.25, 0.3) is 0 Å². The zero-order valence-corrected chi connectivity index (χ0v) is 21.2. The van der Waals surface area contributed by atoms with Crippen LogP contribution in [0, 0.1) is 5.92 Å². The van der Waals surface area contributed by atoms with Gasteiger partial charge in [0.05, 0.1) is 23.2 Å². The minimum absolute atomic E-state index is 0.0441. The van der Waals surface area contributed by atoms with Gasteiger partial charge < -0.3 is 14.2 Å². The fraction of sp³-hybridized carbons (Fsp3) is 0.857. The molecule has 2 fully saturated rings. The molecule has 3 aliphatic rings. The molecule has 0 aromatic heterocycles. The van der Waals surface area contributed by atoms with Gasteiger partial charge in [-0.3, -0.25) is 4.79 Å². The van der Waals surface area contributed by atoms with E-state index in [1.807, 2.05) is 0 Å². The van der Waals surface area contributed by atoms with Crippen molar-refractivity contribution in [1.82, 2.24) is 0 Å². The smallest absolute Gasteiger partial charge is 0.158 e. The molecular formula is C28H47O4. The molecule has 1 heterocycles. The van der Waals surface area contributed by atoms with Crippen molar-refractivity contribution in [1.29, 1.82) is 0 Å². The van der Waals surface area contributed by atoms with E-state index >= 15 is 0 Å². The standard InChI is InChI=1S/C28H47O4/c1-27(2,31-25-16-6-5-13-22-21-24(22)25)18-10-7-14-23(29)15-8-11-19-28(3,4)32-26-17-9-12-20-30-26/h21,25-26H,5-20H2,1-4H3. The average molecular weight is 448 g/mol. The first-order chi connectivity index (χ1) is 15.2. The monoisotopic (exact) mass is 447 g/mol. The number of unbranched alkanes of at least 4 members (excludes halogenated alkanes) is 2. The molecule has 3 rings (SSSR count). The van der Waals surface area contributed by atoms with E-state index in [-0.39, 0.29) is 17.5 Å². The number of fused-ring (bicyclic) bond motifs is 1. The lowest BCUT2D eigenvalue weighted by atomic mass is 9.96. The Balaban J connectivity index is 1.21. The van der Waals surface area contributed by atoms with Gasteiger partial charge in [-0.25, -0.2) is 0 Å². The van der Waals surface area contributed by atoms with E-state index in [1.54, 1.807) is 5.57 Å². The molecule has 4 nitrogen and oxygen atoms in total. The van der Waals surface area contributed by atoms with Gasteiger partial charge in [-0.1, -0.05) is 30.9 Å². The second kappa shape index (κ2) is 12.1. The summed E-state index contributed by atoms with van der Waals surface area (Å²) in [6.07, 6.45) is 18.3. The highest BCUT2D eigenvalue weighted by molar-refractivity contribution is 5.78. The topological polar surface area (TPSA) is 44.8 Å². The Morgan fingerprint density at radius 3 is 2.22 bits per heavy atom. The lowest BCUT2D eigenvalue weighted by Crippen LogP contribution is -2.34. The largest absolute Gasteiger partial charge is 0.371 e. The molecule has 1 saturated carbocycles. The Labute approximate surface area is 196 Å². The van der Waals surface area contributed by atoms with Crippen LogP contribution in [0.4, 0.5) is 0 Å². The molecule has 0 N–H and O–H groups in total. The second-order valence-corrected chi connectivity index (χ2v) is 11.4. The van der Waals surface area contributed by atoms with Gasteiger partial charge in [0.15, 0.2) is 6.29 Å². The molecule has 2 unspecified atom stereocenters. The van der Waals surface area contributed by atoms with Crippen LogP contribution in [0.1, 0.15) is 124 Å². The van der Waals surface area contributed by atoms with E-state index in [2.05, 4.69) is 33.8 Å². The molecule has 0 aromatic carbocycles. The lowest BCUT2D eigenvalue weighted by molar-refractivity contribution is -0.217. The average Bonchev–Trinajstić information content (AvgIpc) is 3.52. The first-order valence-corrected chi connectivity index (χ1v) is 13.3. The number of rotatable bonds is 14. The lowest BCUT2D eigenvalue weighted by Gasteiger charge is -2.32. The second-order valence-electron chi connectivity index (χ2n) is 11.4. The maximum atomic E-state index is 12.3. The normalized spacial score (nSPS) is 24.6. The maximum absolute atomic E-state index is 12.3. The highest BCUT2D eigenvalue weighted by Crippen LogP contribution is 2.45. The fourth-order valence-electron chi connectivity index (χ4n) is 5.12. The molecule has 1 radical (unpaired) electrons. The molecule has 0 bridgehead atoms. The number of hydrogen-bond donors (Lipinski definition) is 0. The summed E-state index contributed by atoms with van der Waals surface area (Å²) in [5.41, 5.74) is 1.26. The Morgan fingerprint density at radius 1 is 0.906 bits per heavy atom. The third-order valence-corrected chi connectivity index (χ3v) is 7.15. The van der Waals surface area contributed by atoms with Crippen molar-refractivity contribution in [2.24, 2.45) is 0 Å². The highest BCUT2D eigenvalue weighted by atomic mass is 16.7. The van der Waals surface area contributed by atoms with E-state index in [0.29, 0.717) is 24.7 Å². The van der Waals surface area contributed by atoms with Crippen LogP contribution < -0.4 is 0 Å². The summed E-state index contributed by atoms with van der Waals surface area (Å²) in [6.45, 7) is 9.53. The van der Waals surface area contributed by atoms with E-state index in [0.717, 1.165) is 64.4 Å². The van der Waals surface area contributed by atoms with Crippen LogP contribution in [0.3, 0.4) is 0 Å². The van der Waals surface area contributed by atoms with Crippen molar-refractivity contribution in [3.63, 3.8) is 0 Å². The molecule has 2 aliphatic carbocycles. The minimum Gasteiger partial charge on any atom is -0.371 e.